The van der Waals surface area contributed by atoms with Gasteiger partial charge < -0.3 is 5.32 Å². The maximum absolute atomic E-state index is 12.7. The Balaban J connectivity index is 1.95. The molecule has 2 unspecified atom stereocenters. The number of halogens is 1. The molecular weight excluding hydrogens is 318 g/mol. The number of nitro benzene ring substituents is 1. The molecule has 1 aromatic carbocycles. The maximum atomic E-state index is 12.7. The predicted octanol–water partition coefficient (Wildman–Crippen LogP) is 1.09. The number of sulfonamides is 1. The topological polar surface area (TPSA) is 92.5 Å². The summed E-state index contributed by atoms with van der Waals surface area (Å²) in [7, 11) is -3.80. The normalized spacial score (nSPS) is 26.0. The monoisotopic (exact) mass is 331 g/mol. The third kappa shape index (κ3) is 2.52. The van der Waals surface area contributed by atoms with Gasteiger partial charge in [0, 0.05) is 25.2 Å². The smallest absolute Gasteiger partial charge is 0.270 e. The van der Waals surface area contributed by atoms with Crippen LogP contribution in [0.5, 0.6) is 0 Å². The zero-order chi connectivity index (χ0) is 15.2. The van der Waals surface area contributed by atoms with E-state index in [1.165, 1.54) is 16.4 Å². The van der Waals surface area contributed by atoms with Crippen molar-refractivity contribution in [2.24, 2.45) is 11.8 Å². The van der Waals surface area contributed by atoms with E-state index in [0.29, 0.717) is 24.9 Å². The van der Waals surface area contributed by atoms with Crippen LogP contribution >= 0.6 is 11.6 Å². The van der Waals surface area contributed by atoms with E-state index in [1.807, 2.05) is 0 Å². The number of rotatable bonds is 3. The quantitative estimate of drug-likeness (QED) is 0.661. The van der Waals surface area contributed by atoms with E-state index in [4.69, 9.17) is 11.6 Å². The molecule has 0 spiro atoms. The summed E-state index contributed by atoms with van der Waals surface area (Å²) in [4.78, 5) is 10.0. The second-order valence-electron chi connectivity index (χ2n) is 5.37. The Labute approximate surface area is 127 Å². The summed E-state index contributed by atoms with van der Waals surface area (Å²) in [6, 6.07) is 3.49. The Hall–Kier alpha value is -1.22. The van der Waals surface area contributed by atoms with Gasteiger partial charge in [-0.1, -0.05) is 11.6 Å². The van der Waals surface area contributed by atoms with E-state index < -0.39 is 14.9 Å². The second-order valence-corrected chi connectivity index (χ2v) is 7.69. The van der Waals surface area contributed by atoms with E-state index in [0.717, 1.165) is 19.2 Å². The zero-order valence-electron chi connectivity index (χ0n) is 11.0. The molecule has 2 fully saturated rings. The van der Waals surface area contributed by atoms with Crippen LogP contribution in [-0.2, 0) is 10.0 Å². The van der Waals surface area contributed by atoms with Gasteiger partial charge in [0.25, 0.3) is 5.69 Å². The molecule has 9 heteroatoms. The summed E-state index contributed by atoms with van der Waals surface area (Å²) >= 11 is 5.94. The molecule has 0 amide bonds. The molecule has 1 N–H and O–H groups in total. The van der Waals surface area contributed by atoms with Crippen molar-refractivity contribution in [2.45, 2.75) is 4.90 Å². The number of fused-ring (bicyclic) bond motifs is 1. The van der Waals surface area contributed by atoms with Crippen LogP contribution in [0.2, 0.25) is 5.02 Å². The molecule has 0 bridgehead atoms. The number of nitro groups is 1. The Kier molecular flexibility index (Phi) is 3.64. The van der Waals surface area contributed by atoms with Crippen LogP contribution in [0.15, 0.2) is 23.1 Å². The highest BCUT2D eigenvalue weighted by Crippen LogP contribution is 2.34. The average Bonchev–Trinajstić information content (AvgIpc) is 2.99. The minimum atomic E-state index is -3.80. The fraction of sp³-hybridized carbons (Fsp3) is 0.500. The first-order chi connectivity index (χ1) is 9.89. The maximum Gasteiger partial charge on any atom is 0.270 e. The van der Waals surface area contributed by atoms with Crippen molar-refractivity contribution in [1.29, 1.82) is 0 Å². The Bertz CT molecular complexity index is 682. The molecule has 21 heavy (non-hydrogen) atoms. The van der Waals surface area contributed by atoms with Gasteiger partial charge in [-0.15, -0.1) is 0 Å². The van der Waals surface area contributed by atoms with Crippen LogP contribution in [0.3, 0.4) is 0 Å². The molecule has 1 aromatic rings. The lowest BCUT2D eigenvalue weighted by Gasteiger charge is -2.18. The van der Waals surface area contributed by atoms with Gasteiger partial charge in [0.15, 0.2) is 0 Å². The standard InChI is InChI=1S/C12H14ClN3O4S/c13-11-2-1-10(16(17)18)3-12(11)21(19,20)15-6-8-4-14-5-9(8)7-15/h1-3,8-9,14H,4-7H2. The van der Waals surface area contributed by atoms with E-state index >= 15 is 0 Å². The van der Waals surface area contributed by atoms with E-state index in [9.17, 15) is 18.5 Å². The fourth-order valence-corrected chi connectivity index (χ4v) is 5.00. The van der Waals surface area contributed by atoms with Crippen molar-refractivity contribution in [3.63, 3.8) is 0 Å². The fourth-order valence-electron chi connectivity index (χ4n) is 2.95. The highest BCUT2D eigenvalue weighted by atomic mass is 35.5. The number of benzene rings is 1. The molecule has 2 saturated heterocycles. The lowest BCUT2D eigenvalue weighted by atomic mass is 10.0. The molecule has 2 aliphatic heterocycles. The first-order valence-corrected chi connectivity index (χ1v) is 8.36. The second kappa shape index (κ2) is 5.20. The Morgan fingerprint density at radius 2 is 1.90 bits per heavy atom. The van der Waals surface area contributed by atoms with Gasteiger partial charge in [-0.05, 0) is 31.0 Å². The van der Waals surface area contributed by atoms with Crippen LogP contribution in [0, 0.1) is 22.0 Å². The molecule has 2 atom stereocenters. The van der Waals surface area contributed by atoms with Crippen molar-refractivity contribution in [3.05, 3.63) is 33.3 Å². The Morgan fingerprint density at radius 1 is 1.29 bits per heavy atom. The van der Waals surface area contributed by atoms with Gasteiger partial charge in [0.2, 0.25) is 10.0 Å². The van der Waals surface area contributed by atoms with Crippen LogP contribution in [0.25, 0.3) is 0 Å². The number of non-ortho nitro benzene ring substituents is 1. The van der Waals surface area contributed by atoms with Crippen LogP contribution in [0.1, 0.15) is 0 Å². The molecule has 114 valence electrons. The van der Waals surface area contributed by atoms with Crippen molar-refractivity contribution < 1.29 is 13.3 Å². The minimum Gasteiger partial charge on any atom is -0.316 e. The van der Waals surface area contributed by atoms with E-state index in [-0.39, 0.29) is 15.6 Å². The van der Waals surface area contributed by atoms with Crippen molar-refractivity contribution >= 4 is 27.3 Å². The van der Waals surface area contributed by atoms with Crippen LogP contribution in [-0.4, -0.2) is 43.8 Å². The summed E-state index contributed by atoms with van der Waals surface area (Å²) in [5.41, 5.74) is -0.279. The van der Waals surface area contributed by atoms with Gasteiger partial charge in [-0.3, -0.25) is 10.1 Å². The summed E-state index contributed by atoms with van der Waals surface area (Å²) in [6.07, 6.45) is 0. The number of hydrogen-bond acceptors (Lipinski definition) is 5. The summed E-state index contributed by atoms with van der Waals surface area (Å²) < 4.78 is 26.7. The predicted molar refractivity (Wildman–Crippen MR) is 76.7 cm³/mol. The van der Waals surface area contributed by atoms with Gasteiger partial charge in [0.1, 0.15) is 4.90 Å². The molecule has 0 radical (unpaired) electrons. The van der Waals surface area contributed by atoms with Gasteiger partial charge >= 0.3 is 0 Å². The van der Waals surface area contributed by atoms with Crippen LogP contribution in [0.4, 0.5) is 5.69 Å². The first-order valence-electron chi connectivity index (χ1n) is 6.54. The lowest BCUT2D eigenvalue weighted by Crippen LogP contribution is -2.32. The highest BCUT2D eigenvalue weighted by Gasteiger charge is 2.42. The van der Waals surface area contributed by atoms with Crippen molar-refractivity contribution in [3.8, 4) is 0 Å². The van der Waals surface area contributed by atoms with Crippen LogP contribution < -0.4 is 5.32 Å². The third-order valence-electron chi connectivity index (χ3n) is 4.10. The summed E-state index contributed by atoms with van der Waals surface area (Å²) in [6.45, 7) is 2.47. The molecule has 0 aromatic heterocycles. The largest absolute Gasteiger partial charge is 0.316 e. The summed E-state index contributed by atoms with van der Waals surface area (Å²) in [5, 5.41) is 14.1. The minimum absolute atomic E-state index is 0.00999. The molecule has 0 aliphatic carbocycles. The van der Waals surface area contributed by atoms with E-state index in [2.05, 4.69) is 5.32 Å². The lowest BCUT2D eigenvalue weighted by molar-refractivity contribution is -0.385. The first kappa shape index (κ1) is 14.7. The number of nitrogens with one attached hydrogen (secondary N) is 1. The summed E-state index contributed by atoms with van der Waals surface area (Å²) in [5.74, 6) is 0.606. The molecule has 3 rings (SSSR count). The molecule has 2 aliphatic rings. The SMILES string of the molecule is O=[N+]([O-])c1ccc(Cl)c(S(=O)(=O)N2CC3CNCC3C2)c1. The molecular formula is C12H14ClN3O4S. The highest BCUT2D eigenvalue weighted by molar-refractivity contribution is 7.89. The van der Waals surface area contributed by atoms with Gasteiger partial charge in [-0.2, -0.15) is 4.31 Å². The van der Waals surface area contributed by atoms with Gasteiger partial charge in [0.05, 0.1) is 9.95 Å². The van der Waals surface area contributed by atoms with E-state index in [1.54, 1.807) is 0 Å². The molecule has 7 nitrogen and oxygen atoms in total. The average molecular weight is 332 g/mol. The molecule has 0 saturated carbocycles. The number of hydrogen-bond donors (Lipinski definition) is 1. The Morgan fingerprint density at radius 3 is 2.48 bits per heavy atom. The number of nitrogens with zero attached hydrogens (tertiary/aromatic N) is 2. The van der Waals surface area contributed by atoms with Gasteiger partial charge in [-0.25, -0.2) is 8.42 Å². The zero-order valence-corrected chi connectivity index (χ0v) is 12.6. The van der Waals surface area contributed by atoms with Crippen molar-refractivity contribution in [2.75, 3.05) is 26.2 Å². The third-order valence-corrected chi connectivity index (χ3v) is 6.41. The van der Waals surface area contributed by atoms with Crippen molar-refractivity contribution in [1.82, 2.24) is 9.62 Å². The molecule has 2 heterocycles.